The molecule has 0 bridgehead atoms. The summed E-state index contributed by atoms with van der Waals surface area (Å²) in [5, 5.41) is 0. The normalized spacial score (nSPS) is 29.7. The molecule has 2 amide bonds. The highest BCUT2D eigenvalue weighted by Gasteiger charge is 2.54. The van der Waals surface area contributed by atoms with Crippen LogP contribution in [0.1, 0.15) is 57.6 Å². The van der Waals surface area contributed by atoms with Gasteiger partial charge in [0.15, 0.2) is 0 Å². The summed E-state index contributed by atoms with van der Waals surface area (Å²) in [6.45, 7) is 4.59. The van der Waals surface area contributed by atoms with Crippen LogP contribution in [0.4, 0.5) is 0 Å². The number of nitrogens with zero attached hydrogens (tertiary/aromatic N) is 2. The van der Waals surface area contributed by atoms with Crippen LogP contribution in [-0.4, -0.2) is 46.3 Å². The maximum Gasteiger partial charge on any atom is 0.237 e. The van der Waals surface area contributed by atoms with E-state index >= 15 is 0 Å². The van der Waals surface area contributed by atoms with E-state index < -0.39 is 0 Å². The van der Waals surface area contributed by atoms with E-state index in [2.05, 4.69) is 19.1 Å². The molecule has 5 nitrogen and oxygen atoms in total. The summed E-state index contributed by atoms with van der Waals surface area (Å²) >= 11 is 0. The van der Waals surface area contributed by atoms with Crippen LogP contribution < -0.4 is 5.73 Å². The maximum atomic E-state index is 12.8. The van der Waals surface area contributed by atoms with Crippen LogP contribution in [0, 0.1) is 0 Å². The second-order valence-corrected chi connectivity index (χ2v) is 7.53. The van der Waals surface area contributed by atoms with Gasteiger partial charge in [-0.2, -0.15) is 0 Å². The average molecular weight is 343 g/mol. The molecule has 0 aliphatic carbocycles. The highest BCUT2D eigenvalue weighted by atomic mass is 16.2. The third-order valence-electron chi connectivity index (χ3n) is 6.00. The van der Waals surface area contributed by atoms with E-state index in [0.29, 0.717) is 0 Å². The zero-order valence-corrected chi connectivity index (χ0v) is 15.3. The molecule has 2 aliphatic heterocycles. The summed E-state index contributed by atoms with van der Waals surface area (Å²) in [5.41, 5.74) is 6.54. The number of amides is 2. The Kier molecular flexibility index (Phi) is 5.13. The van der Waals surface area contributed by atoms with Gasteiger partial charge in [0.25, 0.3) is 0 Å². The Morgan fingerprint density at radius 2 is 1.92 bits per heavy atom. The van der Waals surface area contributed by atoms with Gasteiger partial charge in [-0.05, 0) is 31.7 Å². The van der Waals surface area contributed by atoms with Crippen molar-refractivity contribution in [3.63, 3.8) is 0 Å². The molecule has 2 aliphatic rings. The van der Waals surface area contributed by atoms with Gasteiger partial charge in [-0.1, -0.05) is 43.2 Å². The smallest absolute Gasteiger partial charge is 0.237 e. The van der Waals surface area contributed by atoms with Gasteiger partial charge in [0.2, 0.25) is 11.8 Å². The van der Waals surface area contributed by atoms with E-state index in [-0.39, 0.29) is 36.0 Å². The first-order chi connectivity index (χ1) is 12.0. The number of nitrogens with two attached hydrogens (primary N) is 1. The van der Waals surface area contributed by atoms with E-state index in [9.17, 15) is 9.59 Å². The molecule has 3 atom stereocenters. The number of rotatable bonds is 2. The third-order valence-corrected chi connectivity index (χ3v) is 6.00. The lowest BCUT2D eigenvalue weighted by Gasteiger charge is -2.45. The van der Waals surface area contributed by atoms with Gasteiger partial charge in [0.1, 0.15) is 0 Å². The maximum absolute atomic E-state index is 12.8. The van der Waals surface area contributed by atoms with Gasteiger partial charge >= 0.3 is 0 Å². The Balaban J connectivity index is 2.06. The Morgan fingerprint density at radius 3 is 2.56 bits per heavy atom. The Labute approximate surface area is 150 Å². The summed E-state index contributed by atoms with van der Waals surface area (Å²) in [6.07, 6.45) is 4.91. The van der Waals surface area contributed by atoms with Crippen LogP contribution >= 0.6 is 0 Å². The SMILES string of the molecule is CC(=O)N1CCCCC[C@@H]2N(C(=O)CN)[C@H](c3ccccc3)C[C@@]21C. The first kappa shape index (κ1) is 17.9. The van der Waals surface area contributed by atoms with Crippen LogP contribution in [0.3, 0.4) is 0 Å². The molecule has 2 fully saturated rings. The summed E-state index contributed by atoms with van der Waals surface area (Å²) in [7, 11) is 0. The van der Waals surface area contributed by atoms with Crippen LogP contribution in [0.2, 0.25) is 0 Å². The van der Waals surface area contributed by atoms with Gasteiger partial charge in [0, 0.05) is 13.5 Å². The number of fused-ring (bicyclic) bond motifs is 1. The Hall–Kier alpha value is -1.88. The number of benzene rings is 1. The summed E-state index contributed by atoms with van der Waals surface area (Å²) in [6, 6.07) is 10.1. The van der Waals surface area contributed by atoms with Crippen molar-refractivity contribution in [1.82, 2.24) is 9.80 Å². The molecule has 1 aromatic rings. The molecule has 2 N–H and O–H groups in total. The quantitative estimate of drug-likeness (QED) is 0.897. The van der Waals surface area contributed by atoms with Gasteiger partial charge in [-0.3, -0.25) is 9.59 Å². The highest BCUT2D eigenvalue weighted by molar-refractivity contribution is 5.80. The summed E-state index contributed by atoms with van der Waals surface area (Å²) < 4.78 is 0. The molecule has 2 heterocycles. The molecular weight excluding hydrogens is 314 g/mol. The highest BCUT2D eigenvalue weighted by Crippen LogP contribution is 2.48. The van der Waals surface area contributed by atoms with E-state index in [0.717, 1.165) is 44.2 Å². The van der Waals surface area contributed by atoms with Crippen LogP contribution in [0.15, 0.2) is 30.3 Å². The molecule has 136 valence electrons. The standard InChI is InChI=1S/C20H29N3O2/c1-15(24)22-12-8-4-7-11-18-20(22,2)13-17(23(18)19(25)14-21)16-9-5-3-6-10-16/h3,5-6,9-10,17-18H,4,7-8,11-14,21H2,1-2H3/t17-,18-,20-/m0/s1. The van der Waals surface area contributed by atoms with Crippen LogP contribution in [0.25, 0.3) is 0 Å². The number of hydrogen-bond donors (Lipinski definition) is 1. The lowest BCUT2D eigenvalue weighted by molar-refractivity contribution is -0.140. The van der Waals surface area contributed by atoms with E-state index in [1.807, 2.05) is 28.0 Å². The van der Waals surface area contributed by atoms with E-state index in [1.54, 1.807) is 6.92 Å². The van der Waals surface area contributed by atoms with E-state index in [4.69, 9.17) is 5.73 Å². The van der Waals surface area contributed by atoms with Crippen molar-refractivity contribution < 1.29 is 9.59 Å². The minimum atomic E-state index is -0.336. The second kappa shape index (κ2) is 7.16. The fraction of sp³-hybridized carbons (Fsp3) is 0.600. The fourth-order valence-electron chi connectivity index (χ4n) is 4.85. The first-order valence-electron chi connectivity index (χ1n) is 9.33. The van der Waals surface area contributed by atoms with E-state index in [1.165, 1.54) is 0 Å². The van der Waals surface area contributed by atoms with Crippen LogP contribution in [0.5, 0.6) is 0 Å². The topological polar surface area (TPSA) is 66.6 Å². The predicted octanol–water partition coefficient (Wildman–Crippen LogP) is 2.47. The first-order valence-corrected chi connectivity index (χ1v) is 9.33. The molecule has 0 radical (unpaired) electrons. The zero-order valence-electron chi connectivity index (χ0n) is 15.3. The lowest BCUT2D eigenvalue weighted by Crippen LogP contribution is -2.58. The molecule has 1 aromatic carbocycles. The number of hydrogen-bond acceptors (Lipinski definition) is 3. The Morgan fingerprint density at radius 1 is 1.20 bits per heavy atom. The fourth-order valence-corrected chi connectivity index (χ4v) is 4.85. The Bertz CT molecular complexity index is 633. The largest absolute Gasteiger partial charge is 0.335 e. The molecule has 0 unspecified atom stereocenters. The molecule has 25 heavy (non-hydrogen) atoms. The van der Waals surface area contributed by atoms with Crippen molar-refractivity contribution in [1.29, 1.82) is 0 Å². The minimum Gasteiger partial charge on any atom is -0.335 e. The van der Waals surface area contributed by atoms with Gasteiger partial charge < -0.3 is 15.5 Å². The number of carbonyl (C=O) groups excluding carboxylic acids is 2. The summed E-state index contributed by atoms with van der Waals surface area (Å²) in [5.74, 6) is 0.0786. The van der Waals surface area contributed by atoms with Crippen molar-refractivity contribution in [3.8, 4) is 0 Å². The third kappa shape index (κ3) is 3.17. The predicted molar refractivity (Wildman–Crippen MR) is 97.7 cm³/mol. The van der Waals surface area contributed by atoms with Gasteiger partial charge in [0.05, 0.1) is 24.2 Å². The second-order valence-electron chi connectivity index (χ2n) is 7.53. The molecular formula is C20H29N3O2. The summed E-state index contributed by atoms with van der Waals surface area (Å²) in [4.78, 5) is 29.2. The lowest BCUT2D eigenvalue weighted by atomic mass is 9.83. The van der Waals surface area contributed by atoms with Crippen molar-refractivity contribution in [2.45, 2.75) is 63.6 Å². The zero-order chi connectivity index (χ0) is 18.0. The van der Waals surface area contributed by atoms with Crippen molar-refractivity contribution >= 4 is 11.8 Å². The molecule has 0 spiro atoms. The van der Waals surface area contributed by atoms with Crippen molar-refractivity contribution in [2.24, 2.45) is 5.73 Å². The molecule has 3 rings (SSSR count). The van der Waals surface area contributed by atoms with Gasteiger partial charge in [-0.15, -0.1) is 0 Å². The average Bonchev–Trinajstić information content (AvgIpc) is 2.88. The monoisotopic (exact) mass is 343 g/mol. The number of carbonyl (C=O) groups is 2. The van der Waals surface area contributed by atoms with Gasteiger partial charge in [-0.25, -0.2) is 0 Å². The molecule has 2 saturated heterocycles. The molecule has 5 heteroatoms. The van der Waals surface area contributed by atoms with Crippen molar-refractivity contribution in [2.75, 3.05) is 13.1 Å². The molecule has 0 saturated carbocycles. The minimum absolute atomic E-state index is 0.00991. The molecule has 0 aromatic heterocycles. The van der Waals surface area contributed by atoms with Crippen LogP contribution in [-0.2, 0) is 9.59 Å². The van der Waals surface area contributed by atoms with Crippen molar-refractivity contribution in [3.05, 3.63) is 35.9 Å². The number of likely N-dealkylation sites (tertiary alicyclic amines) is 2.